The number of hydrogen-bond acceptors (Lipinski definition) is 7. The molecule has 1 saturated heterocycles. The van der Waals surface area contributed by atoms with Gasteiger partial charge in [0.15, 0.2) is 17.2 Å². The minimum atomic E-state index is -0.939. The highest BCUT2D eigenvalue weighted by Gasteiger charge is 2.24. The molecule has 0 bridgehead atoms. The molecule has 0 atom stereocenters. The molecule has 3 aromatic heterocycles. The number of carboxylic acid groups (broad SMARTS) is 1. The third-order valence-corrected chi connectivity index (χ3v) is 8.25. The molecule has 6 rings (SSSR count). The number of ether oxygens (including phenoxy) is 2. The average Bonchev–Trinajstić information content (AvgIpc) is 3.62. The van der Waals surface area contributed by atoms with Gasteiger partial charge in [0.2, 0.25) is 0 Å². The Hall–Kier alpha value is -4.55. The van der Waals surface area contributed by atoms with Crippen LogP contribution in [-0.4, -0.2) is 59.3 Å². The zero-order valence-corrected chi connectivity index (χ0v) is 26.0. The Morgan fingerprint density at radius 2 is 1.87 bits per heavy atom. The minimum absolute atomic E-state index is 0.0107. The van der Waals surface area contributed by atoms with E-state index in [2.05, 4.69) is 26.4 Å². The maximum Gasteiger partial charge on any atom is 0.309 e. The highest BCUT2D eigenvalue weighted by Crippen LogP contribution is 2.26. The van der Waals surface area contributed by atoms with Crippen LogP contribution in [0.25, 0.3) is 11.2 Å². The summed E-state index contributed by atoms with van der Waals surface area (Å²) in [5.74, 6) is -0.680. The molecule has 10 nitrogen and oxygen atoms in total. The van der Waals surface area contributed by atoms with Crippen molar-refractivity contribution >= 4 is 28.7 Å². The number of nitrogens with zero attached hydrogens (tertiary/aromatic N) is 6. The van der Waals surface area contributed by atoms with E-state index in [-0.39, 0.29) is 35.5 Å². The van der Waals surface area contributed by atoms with Crippen LogP contribution in [0.2, 0.25) is 5.02 Å². The fourth-order valence-electron chi connectivity index (χ4n) is 5.62. The summed E-state index contributed by atoms with van der Waals surface area (Å²) >= 11 is 5.80. The lowest BCUT2D eigenvalue weighted by Crippen LogP contribution is -2.38. The highest BCUT2D eigenvalue weighted by molar-refractivity contribution is 6.30. The van der Waals surface area contributed by atoms with Crippen LogP contribution in [0.1, 0.15) is 42.5 Å². The van der Waals surface area contributed by atoms with E-state index >= 15 is 0 Å². The zero-order valence-electron chi connectivity index (χ0n) is 25.2. The van der Waals surface area contributed by atoms with E-state index in [4.69, 9.17) is 26.1 Å². The molecular formula is C33H33ClF2N6O4. The molecule has 240 valence electrons. The van der Waals surface area contributed by atoms with Crippen LogP contribution in [0, 0.1) is 11.6 Å². The summed E-state index contributed by atoms with van der Waals surface area (Å²) in [6.45, 7) is 5.26. The maximum atomic E-state index is 14.5. The van der Waals surface area contributed by atoms with Gasteiger partial charge in [0.1, 0.15) is 35.6 Å². The Labute approximate surface area is 269 Å². The fourth-order valence-corrected chi connectivity index (χ4v) is 5.77. The van der Waals surface area contributed by atoms with Crippen molar-refractivity contribution < 1.29 is 28.2 Å². The third kappa shape index (κ3) is 7.29. The number of fused-ring (bicyclic) bond motifs is 1. The van der Waals surface area contributed by atoms with Gasteiger partial charge in [-0.15, -0.1) is 0 Å². The molecule has 1 aliphatic heterocycles. The van der Waals surface area contributed by atoms with Crippen LogP contribution in [0.3, 0.4) is 0 Å². The smallest absolute Gasteiger partial charge is 0.309 e. The Balaban J connectivity index is 1.11. The normalized spacial score (nSPS) is 14.2. The molecule has 1 aliphatic rings. The number of rotatable bonds is 12. The second kappa shape index (κ2) is 13.8. The third-order valence-electron chi connectivity index (χ3n) is 8.02. The van der Waals surface area contributed by atoms with Crippen molar-refractivity contribution in [3.8, 4) is 11.5 Å². The largest absolute Gasteiger partial charge is 0.490 e. The molecule has 1 fully saturated rings. The van der Waals surface area contributed by atoms with Gasteiger partial charge in [-0.2, -0.15) is 0 Å². The lowest BCUT2D eigenvalue weighted by Gasteiger charge is -2.32. The summed E-state index contributed by atoms with van der Waals surface area (Å²) in [5, 5.41) is 9.55. The van der Waals surface area contributed by atoms with E-state index in [1.165, 1.54) is 18.2 Å². The summed E-state index contributed by atoms with van der Waals surface area (Å²) in [7, 11) is 0. The first-order chi connectivity index (χ1) is 22.2. The van der Waals surface area contributed by atoms with Gasteiger partial charge in [-0.25, -0.2) is 23.7 Å². The fraction of sp³-hybridized carbons (Fsp3) is 0.333. The van der Waals surface area contributed by atoms with Gasteiger partial charge < -0.3 is 23.7 Å². The molecule has 4 heterocycles. The SMILES string of the molecule is CCn1cncc1Cn1c(CN2CCC(Oc3ccc(F)c(COc4ccc(Cl)cc4F)c3)CC2)nc2ccc(CC(=O)O)nc21. The number of aryl methyl sites for hydroxylation is 1. The summed E-state index contributed by atoms with van der Waals surface area (Å²) in [5.41, 5.74) is 3.09. The van der Waals surface area contributed by atoms with E-state index < -0.39 is 17.6 Å². The number of halogens is 3. The van der Waals surface area contributed by atoms with Gasteiger partial charge in [-0.05, 0) is 68.3 Å². The summed E-state index contributed by atoms with van der Waals surface area (Å²) in [6.07, 6.45) is 4.89. The molecule has 46 heavy (non-hydrogen) atoms. The number of piperidine rings is 1. The molecule has 1 N–H and O–H groups in total. The van der Waals surface area contributed by atoms with E-state index in [1.54, 1.807) is 24.5 Å². The van der Waals surface area contributed by atoms with Crippen LogP contribution >= 0.6 is 11.6 Å². The van der Waals surface area contributed by atoms with Gasteiger partial charge in [-0.1, -0.05) is 11.6 Å². The first-order valence-corrected chi connectivity index (χ1v) is 15.4. The number of aliphatic carboxylic acids is 1. The van der Waals surface area contributed by atoms with Gasteiger partial charge in [-0.3, -0.25) is 9.69 Å². The molecule has 0 amide bonds. The van der Waals surface area contributed by atoms with Crippen molar-refractivity contribution in [2.24, 2.45) is 0 Å². The first kappa shape index (κ1) is 31.4. The second-order valence-electron chi connectivity index (χ2n) is 11.2. The molecule has 5 aromatic rings. The predicted molar refractivity (Wildman–Crippen MR) is 167 cm³/mol. The molecule has 2 aromatic carbocycles. The average molecular weight is 651 g/mol. The van der Waals surface area contributed by atoms with E-state index in [0.717, 1.165) is 50.1 Å². The zero-order chi connectivity index (χ0) is 32.2. The number of carbonyl (C=O) groups is 1. The first-order valence-electron chi connectivity index (χ1n) is 15.1. The van der Waals surface area contributed by atoms with Crippen molar-refractivity contribution in [3.05, 3.63) is 100 Å². The summed E-state index contributed by atoms with van der Waals surface area (Å²) < 4.78 is 44.4. The topological polar surface area (TPSA) is 108 Å². The Kier molecular flexibility index (Phi) is 9.46. The van der Waals surface area contributed by atoms with Gasteiger partial charge in [0.05, 0.1) is 37.2 Å². The molecule has 0 radical (unpaired) electrons. The number of hydrogen-bond donors (Lipinski definition) is 1. The lowest BCUT2D eigenvalue weighted by molar-refractivity contribution is -0.136. The van der Waals surface area contributed by atoms with Crippen molar-refractivity contribution in [2.45, 2.75) is 58.5 Å². The van der Waals surface area contributed by atoms with Crippen LogP contribution in [0.4, 0.5) is 8.78 Å². The van der Waals surface area contributed by atoms with Crippen LogP contribution < -0.4 is 9.47 Å². The molecule has 0 unspecified atom stereocenters. The van der Waals surface area contributed by atoms with E-state index in [0.29, 0.717) is 35.7 Å². The van der Waals surface area contributed by atoms with E-state index in [1.807, 2.05) is 16.8 Å². The van der Waals surface area contributed by atoms with E-state index in [9.17, 15) is 18.7 Å². The van der Waals surface area contributed by atoms with Crippen molar-refractivity contribution in [3.63, 3.8) is 0 Å². The predicted octanol–water partition coefficient (Wildman–Crippen LogP) is 5.88. The monoisotopic (exact) mass is 650 g/mol. The Morgan fingerprint density at radius 3 is 2.63 bits per heavy atom. The van der Waals surface area contributed by atoms with Crippen LogP contribution in [-0.2, 0) is 37.5 Å². The number of carboxylic acids is 1. The minimum Gasteiger partial charge on any atom is -0.490 e. The standard InChI is InChI=1S/C33H33ClF2N6O4/c1-2-41-20-37-16-24(41)17-42-31(39-29-7-4-23(15-32(43)44)38-33(29)42)18-40-11-9-25(10-12-40)46-26-5-6-27(35)21(13-26)19-45-30-8-3-22(34)14-28(30)36/h3-8,13-14,16,20,25H,2,9-12,15,17-19H2,1H3,(H,43,44). The van der Waals surface area contributed by atoms with Gasteiger partial charge in [0, 0.05) is 36.4 Å². The number of imidazole rings is 2. The molecule has 13 heteroatoms. The van der Waals surface area contributed by atoms with Crippen molar-refractivity contribution in [2.75, 3.05) is 13.1 Å². The lowest BCUT2D eigenvalue weighted by atomic mass is 10.1. The molecular weight excluding hydrogens is 618 g/mol. The number of pyridine rings is 1. The van der Waals surface area contributed by atoms with Gasteiger partial charge in [0.25, 0.3) is 0 Å². The van der Waals surface area contributed by atoms with Crippen LogP contribution in [0.5, 0.6) is 11.5 Å². The second-order valence-corrected chi connectivity index (χ2v) is 11.6. The van der Waals surface area contributed by atoms with Crippen molar-refractivity contribution in [1.29, 1.82) is 0 Å². The Bertz CT molecular complexity index is 1850. The molecule has 0 saturated carbocycles. The quantitative estimate of drug-likeness (QED) is 0.179. The maximum absolute atomic E-state index is 14.5. The van der Waals surface area contributed by atoms with Crippen molar-refractivity contribution in [1.82, 2.24) is 29.0 Å². The number of aromatic nitrogens is 5. The van der Waals surface area contributed by atoms with Gasteiger partial charge >= 0.3 is 5.97 Å². The number of likely N-dealkylation sites (tertiary alicyclic amines) is 1. The summed E-state index contributed by atoms with van der Waals surface area (Å²) in [6, 6.07) is 12.1. The molecule has 0 aliphatic carbocycles. The highest BCUT2D eigenvalue weighted by atomic mass is 35.5. The summed E-state index contributed by atoms with van der Waals surface area (Å²) in [4.78, 5) is 27.5. The number of benzene rings is 2. The Morgan fingerprint density at radius 1 is 1.04 bits per heavy atom. The van der Waals surface area contributed by atoms with Crippen LogP contribution in [0.15, 0.2) is 61.1 Å². The molecule has 0 spiro atoms.